The van der Waals surface area contributed by atoms with Crippen molar-refractivity contribution in [2.24, 2.45) is 0 Å². The van der Waals surface area contributed by atoms with Crippen LogP contribution in [0.1, 0.15) is 60.5 Å². The number of nitrogens with zero attached hydrogens (tertiary/aromatic N) is 4. The largest absolute Gasteiger partial charge is 0.375 e. The number of nitrogens with one attached hydrogen (secondary N) is 2. The van der Waals surface area contributed by atoms with E-state index < -0.39 is 0 Å². The molecule has 9 nitrogen and oxygen atoms in total. The monoisotopic (exact) mass is 468 g/mol. The first-order valence-electron chi connectivity index (χ1n) is 11.1. The number of H-pyrrole nitrogens is 1. The van der Waals surface area contributed by atoms with Crippen LogP contribution in [0.25, 0.3) is 5.82 Å². The number of hydrogen-bond donors (Lipinski definition) is 2. The van der Waals surface area contributed by atoms with Crippen LogP contribution in [0.5, 0.6) is 0 Å². The number of aromatic nitrogens is 5. The zero-order valence-corrected chi connectivity index (χ0v) is 20.0. The molecular weight excluding hydrogens is 440 g/mol. The van der Waals surface area contributed by atoms with Gasteiger partial charge in [0.05, 0.1) is 33.9 Å². The average molecular weight is 469 g/mol. The summed E-state index contributed by atoms with van der Waals surface area (Å²) in [4.78, 5) is 30.4. The van der Waals surface area contributed by atoms with Crippen molar-refractivity contribution < 1.29 is 9.53 Å². The molecule has 174 valence electrons. The maximum Gasteiger partial charge on any atom is 0.270 e. The topological polar surface area (TPSA) is 107 Å². The van der Waals surface area contributed by atoms with Gasteiger partial charge in [0.15, 0.2) is 5.82 Å². The fraction of sp³-hybridized carbons (Fsp3) is 0.478. The quantitative estimate of drug-likeness (QED) is 0.611. The molecule has 2 atom stereocenters. The van der Waals surface area contributed by atoms with Crippen molar-refractivity contribution >= 4 is 23.5 Å². The molecule has 1 amide bonds. The van der Waals surface area contributed by atoms with E-state index >= 15 is 0 Å². The fourth-order valence-electron chi connectivity index (χ4n) is 4.90. The van der Waals surface area contributed by atoms with Crippen molar-refractivity contribution in [2.75, 3.05) is 17.7 Å². The molecule has 5 heterocycles. The number of aromatic amines is 1. The highest BCUT2D eigenvalue weighted by atomic mass is 32.2. The first-order chi connectivity index (χ1) is 15.7. The maximum atomic E-state index is 13.3. The Hall–Kier alpha value is -2.85. The van der Waals surface area contributed by atoms with Crippen LogP contribution in [0.2, 0.25) is 0 Å². The lowest BCUT2D eigenvalue weighted by atomic mass is 9.94. The summed E-state index contributed by atoms with van der Waals surface area (Å²) in [5.74, 6) is 1.42. The van der Waals surface area contributed by atoms with E-state index in [1.165, 1.54) is 11.8 Å². The SMILES string of the molecule is Cc1nn(-c2ccccn2)c(C)c1[C@H]1SCC(=O)Nc2c1c(=O)[nH]n2[C@H]1CCOC(C)(C)C1. The molecule has 5 rings (SSSR count). The number of carbonyl (C=O) groups is 1. The Morgan fingerprint density at radius 1 is 1.21 bits per heavy atom. The number of rotatable bonds is 3. The van der Waals surface area contributed by atoms with Gasteiger partial charge in [0.1, 0.15) is 5.82 Å². The van der Waals surface area contributed by atoms with Crippen LogP contribution in [-0.4, -0.2) is 48.4 Å². The number of aryl methyl sites for hydroxylation is 1. The number of hydrogen-bond acceptors (Lipinski definition) is 6. The van der Waals surface area contributed by atoms with Gasteiger partial charge < -0.3 is 10.1 Å². The van der Waals surface area contributed by atoms with Gasteiger partial charge >= 0.3 is 0 Å². The highest BCUT2D eigenvalue weighted by molar-refractivity contribution is 8.00. The summed E-state index contributed by atoms with van der Waals surface area (Å²) >= 11 is 1.45. The molecule has 33 heavy (non-hydrogen) atoms. The molecule has 10 heteroatoms. The molecule has 1 fully saturated rings. The van der Waals surface area contributed by atoms with E-state index in [4.69, 9.17) is 9.84 Å². The molecule has 1 saturated heterocycles. The molecule has 3 aromatic heterocycles. The highest BCUT2D eigenvalue weighted by Crippen LogP contribution is 2.44. The number of anilines is 1. The standard InChI is InChI=1S/C23H28N6O3S/c1-13-18(14(2)28(26-13)16-7-5-6-9-24-16)20-19-21(25-17(30)12-33-20)29(27-22(19)31)15-8-10-32-23(3,4)11-15/h5-7,9,15,20H,8,10-12H2,1-4H3,(H,25,30)(H,27,31)/t15-,20+/m0/s1. The van der Waals surface area contributed by atoms with Crippen molar-refractivity contribution in [3.63, 3.8) is 0 Å². The predicted octanol–water partition coefficient (Wildman–Crippen LogP) is 3.28. The van der Waals surface area contributed by atoms with Gasteiger partial charge in [-0.2, -0.15) is 5.10 Å². The van der Waals surface area contributed by atoms with E-state index in [-0.39, 0.29) is 34.1 Å². The minimum Gasteiger partial charge on any atom is -0.375 e. The summed E-state index contributed by atoms with van der Waals surface area (Å²) in [6.07, 6.45) is 3.24. The van der Waals surface area contributed by atoms with Crippen LogP contribution in [0.4, 0.5) is 5.82 Å². The van der Waals surface area contributed by atoms with Crippen LogP contribution >= 0.6 is 11.8 Å². The highest BCUT2D eigenvalue weighted by Gasteiger charge is 2.37. The number of pyridine rings is 1. The van der Waals surface area contributed by atoms with Crippen molar-refractivity contribution in [2.45, 2.75) is 57.4 Å². The van der Waals surface area contributed by atoms with Gasteiger partial charge in [-0.3, -0.25) is 19.4 Å². The van der Waals surface area contributed by atoms with E-state index in [0.717, 1.165) is 29.8 Å². The first-order valence-corrected chi connectivity index (χ1v) is 12.2. The van der Waals surface area contributed by atoms with Crippen LogP contribution < -0.4 is 10.9 Å². The Balaban J connectivity index is 1.63. The molecule has 0 unspecified atom stereocenters. The zero-order chi connectivity index (χ0) is 23.3. The third-order valence-corrected chi connectivity index (χ3v) is 7.61. The average Bonchev–Trinajstić information content (AvgIpc) is 3.18. The second-order valence-electron chi connectivity index (χ2n) is 9.25. The van der Waals surface area contributed by atoms with E-state index in [1.54, 1.807) is 10.9 Å². The maximum absolute atomic E-state index is 13.3. The Morgan fingerprint density at radius 3 is 2.76 bits per heavy atom. The molecule has 0 saturated carbocycles. The van der Waals surface area contributed by atoms with Crippen molar-refractivity contribution in [3.8, 4) is 5.82 Å². The number of ether oxygens (including phenoxy) is 1. The summed E-state index contributed by atoms with van der Waals surface area (Å²) in [7, 11) is 0. The Labute approximate surface area is 195 Å². The van der Waals surface area contributed by atoms with Crippen LogP contribution in [0, 0.1) is 13.8 Å². The predicted molar refractivity (Wildman–Crippen MR) is 127 cm³/mol. The number of thioether (sulfide) groups is 1. The molecule has 2 aliphatic heterocycles. The molecular formula is C23H28N6O3S. The van der Waals surface area contributed by atoms with Crippen LogP contribution in [-0.2, 0) is 9.53 Å². The molecule has 0 aromatic carbocycles. The van der Waals surface area contributed by atoms with Gasteiger partial charge in [0.25, 0.3) is 5.56 Å². The van der Waals surface area contributed by atoms with Gasteiger partial charge in [0.2, 0.25) is 5.91 Å². The van der Waals surface area contributed by atoms with Crippen molar-refractivity contribution in [1.82, 2.24) is 24.5 Å². The molecule has 3 aromatic rings. The summed E-state index contributed by atoms with van der Waals surface area (Å²) < 4.78 is 9.52. The molecule has 0 aliphatic carbocycles. The van der Waals surface area contributed by atoms with Crippen molar-refractivity contribution in [3.05, 3.63) is 57.3 Å². The second kappa shape index (κ2) is 8.18. The molecule has 0 bridgehead atoms. The Bertz CT molecular complexity index is 1260. The molecule has 0 radical (unpaired) electrons. The summed E-state index contributed by atoms with van der Waals surface area (Å²) in [6.45, 7) is 8.63. The summed E-state index contributed by atoms with van der Waals surface area (Å²) in [6, 6.07) is 5.71. The second-order valence-corrected chi connectivity index (χ2v) is 10.3. The Kier molecular flexibility index (Phi) is 5.44. The smallest absolute Gasteiger partial charge is 0.270 e. The molecule has 2 aliphatic rings. The van der Waals surface area contributed by atoms with Gasteiger partial charge in [-0.25, -0.2) is 9.67 Å². The lowest BCUT2D eigenvalue weighted by molar-refractivity contribution is -0.113. The third kappa shape index (κ3) is 3.91. The van der Waals surface area contributed by atoms with E-state index in [0.29, 0.717) is 23.8 Å². The zero-order valence-electron chi connectivity index (χ0n) is 19.2. The first kappa shape index (κ1) is 22.0. The van der Waals surface area contributed by atoms with Crippen LogP contribution in [0.15, 0.2) is 29.2 Å². The van der Waals surface area contributed by atoms with Gasteiger partial charge in [-0.15, -0.1) is 11.8 Å². The number of carbonyl (C=O) groups excluding carboxylic acids is 1. The van der Waals surface area contributed by atoms with E-state index in [2.05, 4.69) is 29.2 Å². The normalized spacial score (nSPS) is 22.5. The van der Waals surface area contributed by atoms with Gasteiger partial charge in [-0.05, 0) is 52.7 Å². The molecule has 0 spiro atoms. The third-order valence-electron chi connectivity index (χ3n) is 6.38. The summed E-state index contributed by atoms with van der Waals surface area (Å²) in [5.41, 5.74) is 2.76. The van der Waals surface area contributed by atoms with Gasteiger partial charge in [0, 0.05) is 24.1 Å². The summed E-state index contributed by atoms with van der Waals surface area (Å²) in [5, 5.41) is 10.4. The van der Waals surface area contributed by atoms with E-state index in [9.17, 15) is 9.59 Å². The molecule has 2 N–H and O–H groups in total. The van der Waals surface area contributed by atoms with Crippen LogP contribution in [0.3, 0.4) is 0 Å². The minimum atomic E-state index is -0.325. The fourth-order valence-corrected chi connectivity index (χ4v) is 6.19. The number of fused-ring (bicyclic) bond motifs is 1. The lowest BCUT2D eigenvalue weighted by Crippen LogP contribution is -2.36. The van der Waals surface area contributed by atoms with E-state index in [1.807, 2.05) is 36.7 Å². The van der Waals surface area contributed by atoms with Gasteiger partial charge in [-0.1, -0.05) is 6.07 Å². The lowest BCUT2D eigenvalue weighted by Gasteiger charge is -2.36. The van der Waals surface area contributed by atoms with Crippen molar-refractivity contribution in [1.29, 1.82) is 0 Å². The number of amides is 1. The Morgan fingerprint density at radius 2 is 2.03 bits per heavy atom. The minimum absolute atomic E-state index is 0.0349.